The Morgan fingerprint density at radius 2 is 2.17 bits per heavy atom. The highest BCUT2D eigenvalue weighted by atomic mass is 32.1. The van der Waals surface area contributed by atoms with Crippen LogP contribution >= 0.6 is 11.3 Å². The first kappa shape index (κ1) is 12.4. The highest BCUT2D eigenvalue weighted by molar-refractivity contribution is 7.15. The van der Waals surface area contributed by atoms with Gasteiger partial charge in [0, 0.05) is 23.8 Å². The van der Waals surface area contributed by atoms with Crippen LogP contribution in [0, 0.1) is 11.3 Å². The Hall–Kier alpha value is -2.10. The maximum Gasteiger partial charge on any atom is 0.197 e. The fourth-order valence-electron chi connectivity index (χ4n) is 1.56. The van der Waals surface area contributed by atoms with E-state index in [0.29, 0.717) is 10.7 Å². The molecule has 1 aromatic heterocycles. The van der Waals surface area contributed by atoms with E-state index in [0.717, 1.165) is 17.1 Å². The van der Waals surface area contributed by atoms with Gasteiger partial charge in [-0.15, -0.1) is 0 Å². The lowest BCUT2D eigenvalue weighted by atomic mass is 10.2. The van der Waals surface area contributed by atoms with Crippen LogP contribution in [0.1, 0.15) is 10.4 Å². The quantitative estimate of drug-likeness (QED) is 0.648. The summed E-state index contributed by atoms with van der Waals surface area (Å²) in [6.07, 6.45) is 1.81. The van der Waals surface area contributed by atoms with Gasteiger partial charge in [0.05, 0.1) is 18.2 Å². The summed E-state index contributed by atoms with van der Waals surface area (Å²) in [4.78, 5) is 7.33. The number of nitrogens with two attached hydrogens (primary N) is 1. The molecule has 0 saturated carbocycles. The molecule has 0 fully saturated rings. The summed E-state index contributed by atoms with van der Waals surface area (Å²) in [6.45, 7) is 0.755. The van der Waals surface area contributed by atoms with E-state index in [1.807, 2.05) is 31.3 Å². The molecule has 18 heavy (non-hydrogen) atoms. The summed E-state index contributed by atoms with van der Waals surface area (Å²) < 4.78 is 0. The molecular weight excluding hydrogens is 246 g/mol. The number of thiazole rings is 1. The second-order valence-corrected chi connectivity index (χ2v) is 4.91. The Morgan fingerprint density at radius 3 is 2.72 bits per heavy atom. The first-order chi connectivity index (χ1) is 8.72. The maximum absolute atomic E-state index is 8.74. The molecule has 92 valence electrons. The predicted molar refractivity (Wildman–Crippen MR) is 73.2 cm³/mol. The number of hydrogen-bond donors (Lipinski definition) is 2. The third kappa shape index (κ3) is 2.77. The van der Waals surface area contributed by atoms with E-state index >= 15 is 0 Å². The topological polar surface area (TPSA) is 78.0 Å². The third-order valence-corrected chi connectivity index (χ3v) is 3.42. The number of anilines is 2. The second kappa shape index (κ2) is 5.49. The van der Waals surface area contributed by atoms with Crippen LogP contribution in [0.5, 0.6) is 0 Å². The number of rotatable bonds is 4. The van der Waals surface area contributed by atoms with Gasteiger partial charge in [-0.2, -0.15) is 5.26 Å². The maximum atomic E-state index is 8.74. The molecule has 0 unspecified atom stereocenters. The van der Waals surface area contributed by atoms with Gasteiger partial charge >= 0.3 is 0 Å². The fraction of sp³-hybridized carbons (Fsp3) is 0.167. The van der Waals surface area contributed by atoms with E-state index < -0.39 is 0 Å². The van der Waals surface area contributed by atoms with Gasteiger partial charge in [0.1, 0.15) is 0 Å². The minimum absolute atomic E-state index is 0.666. The predicted octanol–water partition coefficient (Wildman–Crippen LogP) is 1.94. The van der Waals surface area contributed by atoms with Gasteiger partial charge < -0.3 is 4.90 Å². The van der Waals surface area contributed by atoms with Crippen LogP contribution in [-0.2, 0) is 6.54 Å². The Morgan fingerprint density at radius 1 is 1.44 bits per heavy atom. The highest BCUT2D eigenvalue weighted by Crippen LogP contribution is 2.21. The standard InChI is InChI=1S/C12H13N5S/c1-17(8-11-7-15-12(16-14)18-11)10-4-2-9(6-13)3-5-10/h2-5,7H,8,14H2,1H3,(H,15,16). The van der Waals surface area contributed by atoms with E-state index in [-0.39, 0.29) is 0 Å². The molecular formula is C12H13N5S. The van der Waals surface area contributed by atoms with Gasteiger partial charge in [0.25, 0.3) is 0 Å². The molecule has 0 atom stereocenters. The summed E-state index contributed by atoms with van der Waals surface area (Å²) in [7, 11) is 2.00. The summed E-state index contributed by atoms with van der Waals surface area (Å²) >= 11 is 1.52. The molecule has 0 spiro atoms. The molecule has 0 aliphatic heterocycles. The van der Waals surface area contributed by atoms with Crippen molar-refractivity contribution in [3.8, 4) is 6.07 Å². The number of hydrogen-bond acceptors (Lipinski definition) is 6. The van der Waals surface area contributed by atoms with Crippen LogP contribution in [0.25, 0.3) is 0 Å². The molecule has 2 rings (SSSR count). The molecule has 3 N–H and O–H groups in total. The minimum atomic E-state index is 0.666. The van der Waals surface area contributed by atoms with Crippen molar-refractivity contribution < 1.29 is 0 Å². The Kier molecular flexibility index (Phi) is 3.77. The molecule has 0 bridgehead atoms. The van der Waals surface area contributed by atoms with Crippen LogP contribution in [-0.4, -0.2) is 12.0 Å². The number of nitrogens with one attached hydrogen (secondary N) is 1. The normalized spacial score (nSPS) is 9.83. The van der Waals surface area contributed by atoms with Crippen molar-refractivity contribution in [1.29, 1.82) is 5.26 Å². The first-order valence-electron chi connectivity index (χ1n) is 5.35. The summed E-state index contributed by atoms with van der Waals surface area (Å²) in [5.41, 5.74) is 4.25. The molecule has 0 aliphatic rings. The van der Waals surface area contributed by atoms with E-state index in [1.54, 1.807) is 6.20 Å². The molecule has 0 aliphatic carbocycles. The lowest BCUT2D eigenvalue weighted by Crippen LogP contribution is -2.15. The average Bonchev–Trinajstić information content (AvgIpc) is 2.86. The zero-order valence-corrected chi connectivity index (χ0v) is 10.7. The number of aromatic nitrogens is 1. The Balaban J connectivity index is 2.06. The molecule has 6 heteroatoms. The van der Waals surface area contributed by atoms with E-state index in [2.05, 4.69) is 21.4 Å². The highest BCUT2D eigenvalue weighted by Gasteiger charge is 2.05. The van der Waals surface area contributed by atoms with Gasteiger partial charge in [-0.25, -0.2) is 10.8 Å². The van der Waals surface area contributed by atoms with Gasteiger partial charge in [0.2, 0.25) is 0 Å². The molecule has 1 heterocycles. The third-order valence-electron chi connectivity index (χ3n) is 2.51. The lowest BCUT2D eigenvalue weighted by molar-refractivity contribution is 0.937. The first-order valence-corrected chi connectivity index (χ1v) is 6.17. The number of nitrogens with zero attached hydrogens (tertiary/aromatic N) is 3. The van der Waals surface area contributed by atoms with Crippen molar-refractivity contribution in [3.05, 3.63) is 40.9 Å². The molecule has 2 aromatic rings. The molecule has 0 saturated heterocycles. The minimum Gasteiger partial charge on any atom is -0.369 e. The van der Waals surface area contributed by atoms with Crippen molar-refractivity contribution in [2.75, 3.05) is 17.4 Å². The largest absolute Gasteiger partial charge is 0.369 e. The summed E-state index contributed by atoms with van der Waals surface area (Å²) in [5.74, 6) is 5.29. The number of hydrazine groups is 1. The monoisotopic (exact) mass is 259 g/mol. The van der Waals surface area contributed by atoms with Crippen LogP contribution in [0.2, 0.25) is 0 Å². The molecule has 1 aromatic carbocycles. The van der Waals surface area contributed by atoms with Gasteiger partial charge in [-0.1, -0.05) is 11.3 Å². The summed E-state index contributed by atoms with van der Waals surface area (Å²) in [6, 6.07) is 9.59. The fourth-order valence-corrected chi connectivity index (χ4v) is 2.34. The van der Waals surface area contributed by atoms with Crippen molar-refractivity contribution in [3.63, 3.8) is 0 Å². The Labute approximate surface area is 109 Å². The Bertz CT molecular complexity index is 555. The summed E-state index contributed by atoms with van der Waals surface area (Å²) in [5, 5.41) is 9.45. The molecule has 0 amide bonds. The van der Waals surface area contributed by atoms with Crippen LogP contribution in [0.4, 0.5) is 10.8 Å². The van der Waals surface area contributed by atoms with E-state index in [4.69, 9.17) is 11.1 Å². The number of nitriles is 1. The SMILES string of the molecule is CN(Cc1cnc(NN)s1)c1ccc(C#N)cc1. The van der Waals surface area contributed by atoms with Gasteiger partial charge in [-0.05, 0) is 24.3 Å². The zero-order valence-electron chi connectivity index (χ0n) is 9.92. The van der Waals surface area contributed by atoms with Crippen molar-refractivity contribution in [1.82, 2.24) is 4.98 Å². The van der Waals surface area contributed by atoms with Crippen LogP contribution in [0.15, 0.2) is 30.5 Å². The van der Waals surface area contributed by atoms with E-state index in [9.17, 15) is 0 Å². The van der Waals surface area contributed by atoms with Crippen LogP contribution in [0.3, 0.4) is 0 Å². The number of benzene rings is 1. The number of nitrogen functional groups attached to an aromatic ring is 1. The van der Waals surface area contributed by atoms with Gasteiger partial charge in [0.15, 0.2) is 5.13 Å². The molecule has 0 radical (unpaired) electrons. The van der Waals surface area contributed by atoms with E-state index in [1.165, 1.54) is 11.3 Å². The smallest absolute Gasteiger partial charge is 0.197 e. The molecule has 5 nitrogen and oxygen atoms in total. The zero-order chi connectivity index (χ0) is 13.0. The van der Waals surface area contributed by atoms with Crippen molar-refractivity contribution in [2.24, 2.45) is 5.84 Å². The van der Waals surface area contributed by atoms with Crippen molar-refractivity contribution >= 4 is 22.2 Å². The average molecular weight is 259 g/mol. The van der Waals surface area contributed by atoms with Crippen LogP contribution < -0.4 is 16.2 Å². The van der Waals surface area contributed by atoms with Crippen molar-refractivity contribution in [2.45, 2.75) is 6.54 Å². The second-order valence-electron chi connectivity index (χ2n) is 3.79. The lowest BCUT2D eigenvalue weighted by Gasteiger charge is -2.17. The van der Waals surface area contributed by atoms with Gasteiger partial charge in [-0.3, -0.25) is 5.43 Å².